The van der Waals surface area contributed by atoms with Crippen LogP contribution in [0.4, 0.5) is 18.0 Å². The van der Waals surface area contributed by atoms with Gasteiger partial charge < -0.3 is 15.7 Å². The van der Waals surface area contributed by atoms with Gasteiger partial charge in [-0.05, 0) is 12.8 Å². The third-order valence-corrected chi connectivity index (χ3v) is 3.64. The fourth-order valence-corrected chi connectivity index (χ4v) is 2.53. The molecule has 0 saturated carbocycles. The van der Waals surface area contributed by atoms with Crippen molar-refractivity contribution in [2.45, 2.75) is 38.4 Å². The minimum atomic E-state index is -4.51. The Labute approximate surface area is 128 Å². The van der Waals surface area contributed by atoms with Crippen LogP contribution in [0.15, 0.2) is 5.38 Å². The maximum atomic E-state index is 12.5. The summed E-state index contributed by atoms with van der Waals surface area (Å²) >= 11 is 0.832. The Hall–Kier alpha value is -1.84. The van der Waals surface area contributed by atoms with Gasteiger partial charge in [0, 0.05) is 18.3 Å². The summed E-state index contributed by atoms with van der Waals surface area (Å²) in [6.45, 7) is 1.88. The van der Waals surface area contributed by atoms with Gasteiger partial charge in [-0.3, -0.25) is 4.79 Å². The smallest absolute Gasteiger partial charge is 0.434 e. The largest absolute Gasteiger partial charge is 0.481 e. The number of halogens is 3. The van der Waals surface area contributed by atoms with Gasteiger partial charge in [-0.15, -0.1) is 11.3 Å². The van der Waals surface area contributed by atoms with Crippen LogP contribution in [0.5, 0.6) is 0 Å². The number of carboxylic acids is 1. The van der Waals surface area contributed by atoms with Crippen molar-refractivity contribution in [1.82, 2.24) is 15.6 Å². The zero-order valence-electron chi connectivity index (χ0n) is 11.7. The number of thiazole rings is 1. The molecule has 0 radical (unpaired) electrons. The Morgan fingerprint density at radius 2 is 2.14 bits per heavy atom. The zero-order chi connectivity index (χ0) is 16.8. The summed E-state index contributed by atoms with van der Waals surface area (Å²) in [7, 11) is 0. The quantitative estimate of drug-likeness (QED) is 0.666. The summed E-state index contributed by atoms with van der Waals surface area (Å²) in [4.78, 5) is 25.4. The van der Waals surface area contributed by atoms with E-state index in [1.54, 1.807) is 6.92 Å². The lowest BCUT2D eigenvalue weighted by atomic mass is 10.2. The molecule has 0 saturated heterocycles. The van der Waals surface area contributed by atoms with E-state index in [0.717, 1.165) is 16.7 Å². The van der Waals surface area contributed by atoms with Crippen LogP contribution < -0.4 is 10.6 Å². The van der Waals surface area contributed by atoms with E-state index < -0.39 is 29.9 Å². The highest BCUT2D eigenvalue weighted by Gasteiger charge is 2.34. The molecule has 0 aliphatic carbocycles. The van der Waals surface area contributed by atoms with Crippen molar-refractivity contribution in [3.8, 4) is 0 Å². The molecule has 1 heterocycles. The van der Waals surface area contributed by atoms with E-state index in [9.17, 15) is 22.8 Å². The molecule has 0 aromatic carbocycles. The van der Waals surface area contributed by atoms with E-state index in [4.69, 9.17) is 5.11 Å². The van der Waals surface area contributed by atoms with E-state index in [1.807, 2.05) is 0 Å². The number of nitrogens with one attached hydrogen (secondary N) is 2. The monoisotopic (exact) mass is 339 g/mol. The standard InChI is InChI=1S/C12H16F3N3O3S/c1-2-7(10-18-8(6-22-10)12(13,14)15)17-11(21)16-5-3-4-9(19)20/h6-7H,2-5H2,1H3,(H,19,20)(H2,16,17,21). The second-order valence-corrected chi connectivity index (χ2v) is 5.32. The van der Waals surface area contributed by atoms with Gasteiger partial charge in [-0.2, -0.15) is 13.2 Å². The highest BCUT2D eigenvalue weighted by atomic mass is 32.1. The maximum Gasteiger partial charge on any atom is 0.434 e. The number of carbonyl (C=O) groups excluding carboxylic acids is 1. The Bertz CT molecular complexity index is 519. The third kappa shape index (κ3) is 5.88. The van der Waals surface area contributed by atoms with Crippen molar-refractivity contribution in [2.24, 2.45) is 0 Å². The van der Waals surface area contributed by atoms with E-state index in [-0.39, 0.29) is 24.4 Å². The first-order chi connectivity index (χ1) is 10.2. The summed E-state index contributed by atoms with van der Waals surface area (Å²) in [5, 5.41) is 14.5. The lowest BCUT2D eigenvalue weighted by Crippen LogP contribution is -2.38. The van der Waals surface area contributed by atoms with Crippen molar-refractivity contribution >= 4 is 23.3 Å². The lowest BCUT2D eigenvalue weighted by molar-refractivity contribution is -0.141. The summed E-state index contributed by atoms with van der Waals surface area (Å²) in [5.74, 6) is -0.962. The number of rotatable bonds is 7. The Balaban J connectivity index is 2.52. The molecular formula is C12H16F3N3O3S. The fourth-order valence-electron chi connectivity index (χ4n) is 1.57. The first-order valence-corrected chi connectivity index (χ1v) is 7.40. The Morgan fingerprint density at radius 1 is 1.45 bits per heavy atom. The van der Waals surface area contributed by atoms with Crippen LogP contribution in [0.1, 0.15) is 42.9 Å². The van der Waals surface area contributed by atoms with Gasteiger partial charge in [0.15, 0.2) is 5.69 Å². The Morgan fingerprint density at radius 3 is 2.64 bits per heavy atom. The van der Waals surface area contributed by atoms with Crippen LogP contribution in [0.2, 0.25) is 0 Å². The van der Waals surface area contributed by atoms with E-state index in [0.29, 0.717) is 6.42 Å². The van der Waals surface area contributed by atoms with Gasteiger partial charge in [-0.25, -0.2) is 9.78 Å². The summed E-state index contributed by atoms with van der Waals surface area (Å²) in [5.41, 5.74) is -0.977. The van der Waals surface area contributed by atoms with Crippen molar-refractivity contribution in [2.75, 3.05) is 6.54 Å². The first-order valence-electron chi connectivity index (χ1n) is 6.52. The second-order valence-electron chi connectivity index (χ2n) is 4.43. The molecule has 0 aliphatic rings. The number of hydrogen-bond acceptors (Lipinski definition) is 4. The van der Waals surface area contributed by atoms with Crippen molar-refractivity contribution in [3.05, 3.63) is 16.1 Å². The number of amides is 2. The number of aromatic nitrogens is 1. The van der Waals surface area contributed by atoms with E-state index in [1.165, 1.54) is 0 Å². The molecule has 2 amide bonds. The average molecular weight is 339 g/mol. The van der Waals surface area contributed by atoms with Gasteiger partial charge >= 0.3 is 18.2 Å². The number of alkyl halides is 3. The molecular weight excluding hydrogens is 323 g/mol. The lowest BCUT2D eigenvalue weighted by Gasteiger charge is -2.15. The number of nitrogens with zero attached hydrogens (tertiary/aromatic N) is 1. The summed E-state index contributed by atoms with van der Waals surface area (Å²) in [6, 6.07) is -1.19. The molecule has 22 heavy (non-hydrogen) atoms. The van der Waals surface area contributed by atoms with E-state index >= 15 is 0 Å². The molecule has 1 unspecified atom stereocenters. The summed E-state index contributed by atoms with van der Waals surface area (Å²) < 4.78 is 37.5. The van der Waals surface area contributed by atoms with Gasteiger partial charge in [-0.1, -0.05) is 6.92 Å². The third-order valence-electron chi connectivity index (χ3n) is 2.68. The highest BCUT2D eigenvalue weighted by molar-refractivity contribution is 7.09. The maximum absolute atomic E-state index is 12.5. The number of hydrogen-bond donors (Lipinski definition) is 3. The van der Waals surface area contributed by atoms with Gasteiger partial charge in [0.1, 0.15) is 5.01 Å². The molecule has 3 N–H and O–H groups in total. The van der Waals surface area contributed by atoms with Gasteiger partial charge in [0.05, 0.1) is 6.04 Å². The molecule has 124 valence electrons. The second kappa shape index (κ2) is 7.97. The summed E-state index contributed by atoms with van der Waals surface area (Å²) in [6.07, 6.45) is -3.92. The molecule has 1 aromatic rings. The molecule has 1 aromatic heterocycles. The molecule has 6 nitrogen and oxygen atoms in total. The first kappa shape index (κ1) is 18.2. The van der Waals surface area contributed by atoms with Crippen LogP contribution in [0.25, 0.3) is 0 Å². The minimum absolute atomic E-state index is 0.0705. The van der Waals surface area contributed by atoms with Crippen LogP contribution in [0.3, 0.4) is 0 Å². The number of urea groups is 1. The molecule has 0 bridgehead atoms. The van der Waals surface area contributed by atoms with Crippen LogP contribution in [0, 0.1) is 0 Å². The van der Waals surface area contributed by atoms with E-state index in [2.05, 4.69) is 15.6 Å². The number of carbonyl (C=O) groups is 2. The van der Waals surface area contributed by atoms with Crippen molar-refractivity contribution < 1.29 is 27.9 Å². The van der Waals surface area contributed by atoms with Crippen LogP contribution in [-0.2, 0) is 11.0 Å². The SMILES string of the molecule is CCC(NC(=O)NCCCC(=O)O)c1nc(C(F)(F)F)cs1. The molecule has 0 spiro atoms. The minimum Gasteiger partial charge on any atom is -0.481 e. The van der Waals surface area contributed by atoms with Crippen LogP contribution >= 0.6 is 11.3 Å². The normalized spacial score (nSPS) is 12.7. The highest BCUT2D eigenvalue weighted by Crippen LogP contribution is 2.32. The van der Waals surface area contributed by atoms with Crippen molar-refractivity contribution in [1.29, 1.82) is 0 Å². The molecule has 1 rings (SSSR count). The molecule has 1 atom stereocenters. The number of aliphatic carboxylic acids is 1. The Kier molecular flexibility index (Phi) is 6.60. The average Bonchev–Trinajstić information content (AvgIpc) is 2.90. The topological polar surface area (TPSA) is 91.3 Å². The predicted octanol–water partition coefficient (Wildman–Crippen LogP) is 2.78. The molecule has 0 aliphatic heterocycles. The zero-order valence-corrected chi connectivity index (χ0v) is 12.6. The fraction of sp³-hybridized carbons (Fsp3) is 0.583. The molecule has 0 fully saturated rings. The van der Waals surface area contributed by atoms with Crippen LogP contribution in [-0.4, -0.2) is 28.6 Å². The van der Waals surface area contributed by atoms with Crippen molar-refractivity contribution in [3.63, 3.8) is 0 Å². The van der Waals surface area contributed by atoms with Gasteiger partial charge in [0.25, 0.3) is 0 Å². The molecule has 10 heteroatoms. The number of carboxylic acid groups (broad SMARTS) is 1. The van der Waals surface area contributed by atoms with Gasteiger partial charge in [0.2, 0.25) is 0 Å². The predicted molar refractivity (Wildman–Crippen MR) is 73.6 cm³/mol.